The van der Waals surface area contributed by atoms with Crippen LogP contribution in [0.2, 0.25) is 0 Å². The van der Waals surface area contributed by atoms with Crippen molar-refractivity contribution < 1.29 is 14.3 Å². The zero-order valence-corrected chi connectivity index (χ0v) is 20.6. The molecule has 3 aromatic heterocycles. The molecule has 34 heavy (non-hydrogen) atoms. The summed E-state index contributed by atoms with van der Waals surface area (Å²) in [5.74, 6) is 0.457. The number of piperidine rings is 1. The number of carbonyl (C=O) groups excluding carboxylic acids is 2. The Kier molecular flexibility index (Phi) is 6.20. The normalized spacial score (nSPS) is 16.6. The quantitative estimate of drug-likeness (QED) is 0.490. The van der Waals surface area contributed by atoms with Crippen molar-refractivity contribution in [2.45, 2.75) is 52.4 Å². The van der Waals surface area contributed by atoms with Crippen molar-refractivity contribution in [2.24, 2.45) is 5.92 Å². The van der Waals surface area contributed by atoms with Gasteiger partial charge in [0.15, 0.2) is 0 Å². The average molecular weight is 480 g/mol. The number of hydrogen-bond donors (Lipinski definition) is 0. The third-order valence-electron chi connectivity index (χ3n) is 6.55. The molecule has 1 aliphatic carbocycles. The van der Waals surface area contributed by atoms with Gasteiger partial charge < -0.3 is 9.64 Å². The summed E-state index contributed by atoms with van der Waals surface area (Å²) >= 11 is 1.75. The van der Waals surface area contributed by atoms with E-state index in [1.54, 1.807) is 28.4 Å². The fraction of sp³-hybridized carbons (Fsp3) is 0.480. The first-order valence-corrected chi connectivity index (χ1v) is 12.7. The summed E-state index contributed by atoms with van der Waals surface area (Å²) < 4.78 is 6.90. The van der Waals surface area contributed by atoms with Gasteiger partial charge in [0, 0.05) is 40.5 Å². The summed E-state index contributed by atoms with van der Waals surface area (Å²) in [6, 6.07) is 4.06. The predicted molar refractivity (Wildman–Crippen MR) is 129 cm³/mol. The van der Waals surface area contributed by atoms with E-state index in [9.17, 15) is 9.59 Å². The molecular weight excluding hydrogens is 450 g/mol. The SMILES string of the molecule is CCOC(=O)C1CCN(C(=O)c2cnn(-c3nccc(-c4cc(C)sc4C)n3)c2C2CC2)CC1. The standard InChI is InChI=1S/C25H29N5O3S/c1-4-33-24(32)18-8-11-29(12-9-18)23(31)20-14-27-30(22(20)17-5-6-17)25-26-10-7-21(28-25)19-13-15(2)34-16(19)3/h7,10,13-14,17-18H,4-6,8-9,11-12H2,1-3H3. The second-order valence-electron chi connectivity index (χ2n) is 9.02. The third-order valence-corrected chi connectivity index (χ3v) is 7.52. The van der Waals surface area contributed by atoms with Crippen LogP contribution in [-0.2, 0) is 9.53 Å². The van der Waals surface area contributed by atoms with Gasteiger partial charge in [0.05, 0.1) is 35.7 Å². The number of likely N-dealkylation sites (tertiary alicyclic amines) is 1. The monoisotopic (exact) mass is 479 g/mol. The average Bonchev–Trinajstić information content (AvgIpc) is 3.49. The van der Waals surface area contributed by atoms with Gasteiger partial charge in [-0.3, -0.25) is 9.59 Å². The van der Waals surface area contributed by atoms with Gasteiger partial charge in [-0.1, -0.05) is 0 Å². The van der Waals surface area contributed by atoms with Crippen molar-refractivity contribution >= 4 is 23.2 Å². The summed E-state index contributed by atoms with van der Waals surface area (Å²) in [6.45, 7) is 7.47. The molecule has 5 rings (SSSR count). The largest absolute Gasteiger partial charge is 0.466 e. The highest BCUT2D eigenvalue weighted by Crippen LogP contribution is 2.43. The van der Waals surface area contributed by atoms with Crippen LogP contribution in [0.4, 0.5) is 0 Å². The lowest BCUT2D eigenvalue weighted by Gasteiger charge is -2.30. The van der Waals surface area contributed by atoms with Crippen LogP contribution in [0.15, 0.2) is 24.5 Å². The Balaban J connectivity index is 1.40. The molecule has 0 spiro atoms. The number of amides is 1. The Morgan fingerprint density at radius 1 is 1.18 bits per heavy atom. The van der Waals surface area contributed by atoms with Crippen molar-refractivity contribution in [3.05, 3.63) is 45.5 Å². The van der Waals surface area contributed by atoms with Gasteiger partial charge >= 0.3 is 5.97 Å². The third kappa shape index (κ3) is 4.36. The van der Waals surface area contributed by atoms with Gasteiger partial charge in [-0.05, 0) is 58.6 Å². The van der Waals surface area contributed by atoms with E-state index in [0.29, 0.717) is 44.0 Å². The zero-order chi connectivity index (χ0) is 23.8. The first-order chi connectivity index (χ1) is 16.5. The van der Waals surface area contributed by atoms with E-state index in [0.717, 1.165) is 29.8 Å². The highest BCUT2D eigenvalue weighted by Gasteiger charge is 2.36. The fourth-order valence-corrected chi connectivity index (χ4v) is 5.60. The van der Waals surface area contributed by atoms with Crippen molar-refractivity contribution in [1.29, 1.82) is 0 Å². The molecular formula is C25H29N5O3S. The molecule has 1 saturated carbocycles. The van der Waals surface area contributed by atoms with Gasteiger partial charge in [0.2, 0.25) is 0 Å². The summed E-state index contributed by atoms with van der Waals surface area (Å²) in [5, 5.41) is 4.57. The molecule has 0 atom stereocenters. The minimum absolute atomic E-state index is 0.0316. The van der Waals surface area contributed by atoms with E-state index < -0.39 is 0 Å². The second kappa shape index (κ2) is 9.29. The van der Waals surface area contributed by atoms with Crippen LogP contribution < -0.4 is 0 Å². The van der Waals surface area contributed by atoms with E-state index in [1.165, 1.54) is 9.75 Å². The van der Waals surface area contributed by atoms with Gasteiger partial charge in [-0.2, -0.15) is 5.10 Å². The molecule has 0 N–H and O–H groups in total. The smallest absolute Gasteiger partial charge is 0.309 e. The van der Waals surface area contributed by atoms with Gasteiger partial charge in [0.25, 0.3) is 11.9 Å². The minimum Gasteiger partial charge on any atom is -0.466 e. The van der Waals surface area contributed by atoms with E-state index >= 15 is 0 Å². The van der Waals surface area contributed by atoms with Crippen LogP contribution in [0.5, 0.6) is 0 Å². The fourth-order valence-electron chi connectivity index (χ4n) is 4.67. The van der Waals surface area contributed by atoms with E-state index in [2.05, 4.69) is 30.0 Å². The highest BCUT2D eigenvalue weighted by atomic mass is 32.1. The van der Waals surface area contributed by atoms with Crippen LogP contribution >= 0.6 is 11.3 Å². The van der Waals surface area contributed by atoms with Crippen LogP contribution in [0.1, 0.15) is 64.3 Å². The lowest BCUT2D eigenvalue weighted by Crippen LogP contribution is -2.40. The van der Waals surface area contributed by atoms with E-state index in [1.807, 2.05) is 17.9 Å². The Hall–Kier alpha value is -3.07. The maximum Gasteiger partial charge on any atom is 0.309 e. The van der Waals surface area contributed by atoms with Crippen molar-refractivity contribution in [1.82, 2.24) is 24.6 Å². The van der Waals surface area contributed by atoms with Crippen LogP contribution in [0.25, 0.3) is 17.2 Å². The number of thiophene rings is 1. The molecule has 0 unspecified atom stereocenters. The van der Waals surface area contributed by atoms with Gasteiger partial charge in [-0.25, -0.2) is 14.6 Å². The number of esters is 1. The lowest BCUT2D eigenvalue weighted by atomic mass is 9.96. The molecule has 1 aliphatic heterocycles. The molecule has 8 nitrogen and oxygen atoms in total. The second-order valence-corrected chi connectivity index (χ2v) is 10.5. The van der Waals surface area contributed by atoms with Gasteiger partial charge in [0.1, 0.15) is 0 Å². The summed E-state index contributed by atoms with van der Waals surface area (Å²) in [6.07, 6.45) is 6.72. The number of ether oxygens (including phenoxy) is 1. The van der Waals surface area contributed by atoms with Crippen LogP contribution in [-0.4, -0.2) is 56.2 Å². The van der Waals surface area contributed by atoms with Crippen LogP contribution in [0, 0.1) is 19.8 Å². The number of rotatable bonds is 6. The van der Waals surface area contributed by atoms with Crippen molar-refractivity contribution in [3.63, 3.8) is 0 Å². The molecule has 0 bridgehead atoms. The highest BCUT2D eigenvalue weighted by molar-refractivity contribution is 7.12. The Bertz CT molecular complexity index is 1220. The van der Waals surface area contributed by atoms with E-state index in [-0.39, 0.29) is 23.7 Å². The molecule has 9 heteroatoms. The predicted octanol–water partition coefficient (Wildman–Crippen LogP) is 4.30. The van der Waals surface area contributed by atoms with E-state index in [4.69, 9.17) is 9.72 Å². The maximum atomic E-state index is 13.5. The molecule has 1 saturated heterocycles. The summed E-state index contributed by atoms with van der Waals surface area (Å²) in [4.78, 5) is 39.1. The number of carbonyl (C=O) groups is 2. The van der Waals surface area contributed by atoms with Crippen molar-refractivity contribution in [2.75, 3.05) is 19.7 Å². The summed E-state index contributed by atoms with van der Waals surface area (Å²) in [5.41, 5.74) is 3.48. The molecule has 2 fully saturated rings. The molecule has 0 aromatic carbocycles. The number of aromatic nitrogens is 4. The summed E-state index contributed by atoms with van der Waals surface area (Å²) in [7, 11) is 0. The molecule has 4 heterocycles. The zero-order valence-electron chi connectivity index (χ0n) is 19.8. The number of nitrogens with zero attached hydrogens (tertiary/aromatic N) is 5. The molecule has 2 aliphatic rings. The van der Waals surface area contributed by atoms with Gasteiger partial charge in [-0.15, -0.1) is 11.3 Å². The topological polar surface area (TPSA) is 90.2 Å². The molecule has 1 amide bonds. The Morgan fingerprint density at radius 2 is 1.94 bits per heavy atom. The van der Waals surface area contributed by atoms with Crippen LogP contribution in [0.3, 0.4) is 0 Å². The minimum atomic E-state index is -0.158. The van der Waals surface area contributed by atoms with Crippen molar-refractivity contribution in [3.8, 4) is 17.2 Å². The molecule has 3 aromatic rings. The maximum absolute atomic E-state index is 13.5. The Morgan fingerprint density at radius 3 is 2.59 bits per heavy atom. The Labute approximate surface area is 203 Å². The molecule has 0 radical (unpaired) electrons. The first-order valence-electron chi connectivity index (χ1n) is 11.9. The number of aryl methyl sites for hydroxylation is 2. The first kappa shape index (κ1) is 22.7. The number of hydrogen-bond acceptors (Lipinski definition) is 7. The lowest BCUT2D eigenvalue weighted by molar-refractivity contribution is -0.149. The molecule has 178 valence electrons.